The van der Waals surface area contributed by atoms with Crippen LogP contribution in [-0.2, 0) is 4.79 Å². The summed E-state index contributed by atoms with van der Waals surface area (Å²) >= 11 is 1.83. The minimum Gasteiger partial charge on any atom is -0.369 e. The first-order chi connectivity index (χ1) is 12.7. The maximum Gasteiger partial charge on any atom is 0.221 e. The molecule has 26 heavy (non-hydrogen) atoms. The van der Waals surface area contributed by atoms with Gasteiger partial charge in [-0.3, -0.25) is 9.79 Å². The summed E-state index contributed by atoms with van der Waals surface area (Å²) in [6.07, 6.45) is 3.01. The van der Waals surface area contributed by atoms with E-state index in [-0.39, 0.29) is 11.8 Å². The molecule has 7 heteroatoms. The molecule has 1 aromatic carbocycles. The van der Waals surface area contributed by atoms with Crippen molar-refractivity contribution in [2.24, 2.45) is 16.6 Å². The van der Waals surface area contributed by atoms with Gasteiger partial charge in [-0.1, -0.05) is 18.2 Å². The van der Waals surface area contributed by atoms with Gasteiger partial charge in [0.2, 0.25) is 5.91 Å². The largest absolute Gasteiger partial charge is 0.369 e. The number of aliphatic imine (C=N–C) groups is 1. The summed E-state index contributed by atoms with van der Waals surface area (Å²) in [5.41, 5.74) is 5.43. The first kappa shape index (κ1) is 20.6. The summed E-state index contributed by atoms with van der Waals surface area (Å²) in [7, 11) is 1.79. The minimum atomic E-state index is -0.161. The Morgan fingerprint density at radius 1 is 1.31 bits per heavy atom. The molecule has 1 atom stereocenters. The Hall–Kier alpha value is -1.73. The lowest BCUT2D eigenvalue weighted by molar-refractivity contribution is -0.123. The Morgan fingerprint density at radius 3 is 2.81 bits per heavy atom. The third-order valence-electron chi connectivity index (χ3n) is 4.48. The number of hydrogen-bond donors (Lipinski definition) is 3. The smallest absolute Gasteiger partial charge is 0.221 e. The molecule has 0 bridgehead atoms. The molecule has 144 valence electrons. The average molecular weight is 378 g/mol. The summed E-state index contributed by atoms with van der Waals surface area (Å²) in [5.74, 6) is 1.69. The predicted octanol–water partition coefficient (Wildman–Crippen LogP) is 1.53. The standard InChI is InChI=1S/C19H31N5OS/c1-21-19(23-11-14-26-17-8-3-2-4-9-17)22-10-6-13-24-12-5-7-16(15-24)18(20)25/h2-4,8-9,16H,5-7,10-15H2,1H3,(H2,20,25)(H2,21,22,23). The molecule has 4 N–H and O–H groups in total. The minimum absolute atomic E-state index is 0.0215. The third-order valence-corrected chi connectivity index (χ3v) is 5.50. The lowest BCUT2D eigenvalue weighted by atomic mass is 9.97. The highest BCUT2D eigenvalue weighted by Gasteiger charge is 2.23. The van der Waals surface area contributed by atoms with Crippen LogP contribution in [0.4, 0.5) is 0 Å². The highest BCUT2D eigenvalue weighted by molar-refractivity contribution is 7.99. The molecular formula is C19H31N5OS. The number of guanidine groups is 1. The van der Waals surface area contributed by atoms with Crippen molar-refractivity contribution in [1.29, 1.82) is 0 Å². The fourth-order valence-electron chi connectivity index (χ4n) is 3.08. The number of amides is 1. The maximum absolute atomic E-state index is 11.3. The van der Waals surface area contributed by atoms with Gasteiger partial charge in [0.15, 0.2) is 5.96 Å². The molecule has 1 fully saturated rings. The molecule has 1 aliphatic heterocycles. The molecule has 0 saturated carbocycles. The van der Waals surface area contributed by atoms with Gasteiger partial charge in [0.25, 0.3) is 0 Å². The monoisotopic (exact) mass is 377 g/mol. The number of piperidine rings is 1. The van der Waals surface area contributed by atoms with E-state index >= 15 is 0 Å². The van der Waals surface area contributed by atoms with Gasteiger partial charge in [-0.15, -0.1) is 11.8 Å². The predicted molar refractivity (Wildman–Crippen MR) is 110 cm³/mol. The van der Waals surface area contributed by atoms with Gasteiger partial charge in [0.1, 0.15) is 0 Å². The number of nitrogens with zero attached hydrogens (tertiary/aromatic N) is 2. The van der Waals surface area contributed by atoms with Crippen LogP contribution in [0.3, 0.4) is 0 Å². The zero-order valence-electron chi connectivity index (χ0n) is 15.6. The summed E-state index contributed by atoms with van der Waals surface area (Å²) < 4.78 is 0. The van der Waals surface area contributed by atoms with Crippen LogP contribution in [-0.4, -0.2) is 62.3 Å². The second-order valence-corrected chi connectivity index (χ2v) is 7.65. The maximum atomic E-state index is 11.3. The number of rotatable bonds is 9. The van der Waals surface area contributed by atoms with E-state index in [9.17, 15) is 4.79 Å². The van der Waals surface area contributed by atoms with Crippen LogP contribution in [0.2, 0.25) is 0 Å². The van der Waals surface area contributed by atoms with Gasteiger partial charge in [-0.2, -0.15) is 0 Å². The number of primary amides is 1. The Labute approximate surface area is 161 Å². The molecule has 6 nitrogen and oxygen atoms in total. The first-order valence-corrected chi connectivity index (χ1v) is 10.3. The van der Waals surface area contributed by atoms with Crippen molar-refractivity contribution >= 4 is 23.6 Å². The van der Waals surface area contributed by atoms with Crippen LogP contribution in [0.25, 0.3) is 0 Å². The topological polar surface area (TPSA) is 82.8 Å². The molecule has 0 aromatic heterocycles. The molecular weight excluding hydrogens is 346 g/mol. The summed E-state index contributed by atoms with van der Waals surface area (Å²) in [4.78, 5) is 19.2. The second kappa shape index (κ2) is 11.8. The number of benzene rings is 1. The van der Waals surface area contributed by atoms with Gasteiger partial charge >= 0.3 is 0 Å². The van der Waals surface area contributed by atoms with Crippen LogP contribution in [0.5, 0.6) is 0 Å². The van der Waals surface area contributed by atoms with Crippen LogP contribution in [0.15, 0.2) is 40.2 Å². The van der Waals surface area contributed by atoms with Crippen molar-refractivity contribution in [1.82, 2.24) is 15.5 Å². The van der Waals surface area contributed by atoms with Gasteiger partial charge < -0.3 is 21.3 Å². The normalized spacial score (nSPS) is 18.5. The fraction of sp³-hybridized carbons (Fsp3) is 0.579. The molecule has 1 aliphatic rings. The van der Waals surface area contributed by atoms with Crippen LogP contribution < -0.4 is 16.4 Å². The number of carbonyl (C=O) groups excluding carboxylic acids is 1. The van der Waals surface area contributed by atoms with Crippen molar-refractivity contribution in [2.45, 2.75) is 24.2 Å². The average Bonchev–Trinajstić information content (AvgIpc) is 2.67. The lowest BCUT2D eigenvalue weighted by Gasteiger charge is -2.31. The van der Waals surface area contributed by atoms with Crippen molar-refractivity contribution in [3.05, 3.63) is 30.3 Å². The molecule has 1 saturated heterocycles. The van der Waals surface area contributed by atoms with Gasteiger partial charge in [0.05, 0.1) is 5.92 Å². The number of nitrogens with two attached hydrogens (primary N) is 1. The van der Waals surface area contributed by atoms with E-state index in [0.29, 0.717) is 0 Å². The zero-order chi connectivity index (χ0) is 18.6. The third kappa shape index (κ3) is 7.66. The number of hydrogen-bond acceptors (Lipinski definition) is 4. The summed E-state index contributed by atoms with van der Waals surface area (Å²) in [6.45, 7) is 4.58. The van der Waals surface area contributed by atoms with Crippen LogP contribution in [0, 0.1) is 5.92 Å². The first-order valence-electron chi connectivity index (χ1n) is 9.33. The Morgan fingerprint density at radius 2 is 2.08 bits per heavy atom. The van der Waals surface area contributed by atoms with Crippen LogP contribution >= 0.6 is 11.8 Å². The van der Waals surface area contributed by atoms with Gasteiger partial charge in [0, 0.05) is 37.3 Å². The van der Waals surface area contributed by atoms with Crippen molar-refractivity contribution < 1.29 is 4.79 Å². The molecule has 1 heterocycles. The number of carbonyl (C=O) groups is 1. The highest BCUT2D eigenvalue weighted by Crippen LogP contribution is 2.16. The molecule has 0 radical (unpaired) electrons. The Bertz CT molecular complexity index is 566. The van der Waals surface area contributed by atoms with E-state index in [0.717, 1.165) is 63.7 Å². The SMILES string of the molecule is CN=C(NCCCN1CCCC(C(N)=O)C1)NCCSc1ccccc1. The van der Waals surface area contributed by atoms with Gasteiger partial charge in [-0.25, -0.2) is 0 Å². The van der Waals surface area contributed by atoms with Gasteiger partial charge in [-0.05, 0) is 44.5 Å². The van der Waals surface area contributed by atoms with Crippen molar-refractivity contribution in [2.75, 3.05) is 45.5 Å². The summed E-state index contributed by atoms with van der Waals surface area (Å²) in [6, 6.07) is 10.4. The molecule has 1 aromatic rings. The van der Waals surface area contributed by atoms with E-state index in [2.05, 4.69) is 44.8 Å². The highest BCUT2D eigenvalue weighted by atomic mass is 32.2. The number of thioether (sulfide) groups is 1. The Balaban J connectivity index is 1.55. The van der Waals surface area contributed by atoms with Crippen molar-refractivity contribution in [3.8, 4) is 0 Å². The van der Waals surface area contributed by atoms with Crippen LogP contribution in [0.1, 0.15) is 19.3 Å². The quantitative estimate of drug-likeness (QED) is 0.263. The number of nitrogens with one attached hydrogen (secondary N) is 2. The fourth-order valence-corrected chi connectivity index (χ4v) is 3.87. The van der Waals surface area contributed by atoms with E-state index < -0.39 is 0 Å². The van der Waals surface area contributed by atoms with Crippen molar-refractivity contribution in [3.63, 3.8) is 0 Å². The number of likely N-dealkylation sites (tertiary alicyclic amines) is 1. The zero-order valence-corrected chi connectivity index (χ0v) is 16.4. The molecule has 1 amide bonds. The van der Waals surface area contributed by atoms with E-state index in [4.69, 9.17) is 5.73 Å². The lowest BCUT2D eigenvalue weighted by Crippen LogP contribution is -2.43. The van der Waals surface area contributed by atoms with E-state index in [1.807, 2.05) is 17.8 Å². The molecule has 0 aliphatic carbocycles. The van der Waals surface area contributed by atoms with E-state index in [1.165, 1.54) is 4.90 Å². The molecule has 2 rings (SSSR count). The Kier molecular flexibility index (Phi) is 9.34. The van der Waals surface area contributed by atoms with E-state index in [1.54, 1.807) is 7.05 Å². The molecule has 0 spiro atoms. The second-order valence-electron chi connectivity index (χ2n) is 6.48. The molecule has 1 unspecified atom stereocenters. The summed E-state index contributed by atoms with van der Waals surface area (Å²) in [5, 5.41) is 6.70.